The molecule has 2 aliphatic heterocycles. The fourth-order valence-electron chi connectivity index (χ4n) is 4.15. The number of anilines is 2. The number of ketones is 1. The monoisotopic (exact) mass is 465 g/mol. The van der Waals surface area contributed by atoms with Gasteiger partial charge < -0.3 is 15.1 Å². The van der Waals surface area contributed by atoms with Crippen molar-refractivity contribution in [3.63, 3.8) is 0 Å². The average molecular weight is 466 g/mol. The van der Waals surface area contributed by atoms with Crippen LogP contribution in [0.4, 0.5) is 11.4 Å². The number of fused-ring (bicyclic) bond motifs is 1. The Labute approximate surface area is 197 Å². The number of Topliss-reactive ketones (excluding diaryl/α,β-unsaturated/α-hetero) is 1. The lowest BCUT2D eigenvalue weighted by Gasteiger charge is -2.34. The van der Waals surface area contributed by atoms with Crippen molar-refractivity contribution in [3.8, 4) is 0 Å². The number of hydrogen-bond acceptors (Lipinski definition) is 5. The van der Waals surface area contributed by atoms with E-state index in [-0.39, 0.29) is 24.1 Å². The number of hydrogen-bond donors (Lipinski definition) is 1. The lowest BCUT2D eigenvalue weighted by Crippen LogP contribution is -2.51. The van der Waals surface area contributed by atoms with E-state index in [1.807, 2.05) is 18.2 Å². The van der Waals surface area contributed by atoms with E-state index in [4.69, 9.17) is 0 Å². The van der Waals surface area contributed by atoms with E-state index < -0.39 is 11.2 Å². The molecule has 1 saturated heterocycles. The summed E-state index contributed by atoms with van der Waals surface area (Å²) in [6.07, 6.45) is 4.07. The van der Waals surface area contributed by atoms with Crippen LogP contribution in [0.3, 0.4) is 0 Å². The van der Waals surface area contributed by atoms with Crippen molar-refractivity contribution >= 4 is 46.6 Å². The van der Waals surface area contributed by atoms with E-state index in [2.05, 4.69) is 5.32 Å². The van der Waals surface area contributed by atoms with Crippen LogP contribution in [0, 0.1) is 0 Å². The van der Waals surface area contributed by atoms with Crippen LogP contribution in [0.1, 0.15) is 43.0 Å². The number of nitrogens with one attached hydrogen (secondary N) is 1. The molecule has 0 saturated carbocycles. The molecule has 1 atom stereocenters. The number of rotatable bonds is 5. The van der Waals surface area contributed by atoms with Gasteiger partial charge in [-0.15, -0.1) is 11.8 Å². The number of carbonyl (C=O) groups is 4. The lowest BCUT2D eigenvalue weighted by molar-refractivity contribution is -0.135. The third-order valence-corrected chi connectivity index (χ3v) is 7.13. The van der Waals surface area contributed by atoms with Crippen molar-refractivity contribution in [1.82, 2.24) is 4.90 Å². The van der Waals surface area contributed by atoms with Crippen LogP contribution in [0.25, 0.3) is 0 Å². The van der Waals surface area contributed by atoms with Gasteiger partial charge in [0.1, 0.15) is 6.54 Å². The molecule has 0 aromatic heterocycles. The summed E-state index contributed by atoms with van der Waals surface area (Å²) in [5, 5.41) is 1.87. The maximum absolute atomic E-state index is 13.4. The molecule has 172 valence electrons. The summed E-state index contributed by atoms with van der Waals surface area (Å²) in [5.74, 6) is -1.05. The van der Waals surface area contributed by atoms with Gasteiger partial charge in [0.2, 0.25) is 11.8 Å². The number of nitrogens with zero attached hydrogens (tertiary/aromatic N) is 2. The summed E-state index contributed by atoms with van der Waals surface area (Å²) in [4.78, 5) is 55.2. The SMILES string of the molecule is CC(=O)c1cccc(NC(=O)CN2C(=O)[C@@H](C(=O)N3CCCCCC3)Sc3ccccc32)c1. The Bertz CT molecular complexity index is 1080. The third-order valence-electron chi connectivity index (χ3n) is 5.89. The van der Waals surface area contributed by atoms with Crippen LogP contribution in [0.2, 0.25) is 0 Å². The first-order chi connectivity index (χ1) is 15.9. The minimum Gasteiger partial charge on any atom is -0.341 e. The van der Waals surface area contributed by atoms with Crippen LogP contribution in [-0.4, -0.2) is 53.3 Å². The van der Waals surface area contributed by atoms with E-state index in [1.54, 1.807) is 35.2 Å². The summed E-state index contributed by atoms with van der Waals surface area (Å²) in [5.41, 5.74) is 1.60. The zero-order valence-electron chi connectivity index (χ0n) is 18.6. The number of benzene rings is 2. The Balaban J connectivity index is 1.54. The van der Waals surface area contributed by atoms with Gasteiger partial charge in [0, 0.05) is 29.2 Å². The molecule has 2 aromatic carbocycles. The van der Waals surface area contributed by atoms with Gasteiger partial charge in [-0.2, -0.15) is 0 Å². The number of likely N-dealkylation sites (tertiary alicyclic amines) is 1. The van der Waals surface area contributed by atoms with Gasteiger partial charge >= 0.3 is 0 Å². The summed E-state index contributed by atoms with van der Waals surface area (Å²) >= 11 is 1.26. The van der Waals surface area contributed by atoms with Crippen LogP contribution in [-0.2, 0) is 14.4 Å². The van der Waals surface area contributed by atoms with E-state index in [0.717, 1.165) is 30.6 Å². The minimum atomic E-state index is -0.896. The van der Waals surface area contributed by atoms with Crippen LogP contribution >= 0.6 is 11.8 Å². The van der Waals surface area contributed by atoms with E-state index in [9.17, 15) is 19.2 Å². The summed E-state index contributed by atoms with van der Waals surface area (Å²) in [7, 11) is 0. The molecule has 2 heterocycles. The van der Waals surface area contributed by atoms with E-state index >= 15 is 0 Å². The maximum atomic E-state index is 13.4. The number of carbonyl (C=O) groups excluding carboxylic acids is 4. The first-order valence-corrected chi connectivity index (χ1v) is 12.1. The Morgan fingerprint density at radius 3 is 2.45 bits per heavy atom. The number of thioether (sulfide) groups is 1. The zero-order valence-corrected chi connectivity index (χ0v) is 19.4. The molecule has 3 amide bonds. The van der Waals surface area contributed by atoms with Gasteiger partial charge in [-0.05, 0) is 44.0 Å². The van der Waals surface area contributed by atoms with Crippen molar-refractivity contribution < 1.29 is 19.2 Å². The highest BCUT2D eigenvalue weighted by atomic mass is 32.2. The molecule has 0 bridgehead atoms. The van der Waals surface area contributed by atoms with Crippen molar-refractivity contribution in [1.29, 1.82) is 0 Å². The topological polar surface area (TPSA) is 86.8 Å². The number of para-hydroxylation sites is 1. The second-order valence-electron chi connectivity index (χ2n) is 8.31. The van der Waals surface area contributed by atoms with Crippen LogP contribution in [0.5, 0.6) is 0 Å². The van der Waals surface area contributed by atoms with Gasteiger partial charge in [0.05, 0.1) is 5.69 Å². The Hall–Kier alpha value is -3.13. The normalized spacial score (nSPS) is 18.3. The molecule has 4 rings (SSSR count). The fraction of sp³-hybridized carbons (Fsp3) is 0.360. The summed E-state index contributed by atoms with van der Waals surface area (Å²) in [6, 6.07) is 14.0. The molecule has 2 aromatic rings. The molecule has 0 unspecified atom stereocenters. The van der Waals surface area contributed by atoms with Crippen LogP contribution in [0.15, 0.2) is 53.4 Å². The molecule has 8 heteroatoms. The minimum absolute atomic E-state index is 0.0990. The zero-order chi connectivity index (χ0) is 23.4. The highest BCUT2D eigenvalue weighted by Gasteiger charge is 2.40. The lowest BCUT2D eigenvalue weighted by atomic mass is 10.1. The standard InChI is InChI=1S/C25H27N3O4S/c1-17(29)18-9-8-10-19(15-18)26-22(30)16-28-20-11-4-5-12-21(20)33-23(25(28)32)24(31)27-13-6-2-3-7-14-27/h4-5,8-12,15,23H,2-3,6-7,13-14,16H2,1H3,(H,26,30)/t23-/m1/s1. The maximum Gasteiger partial charge on any atom is 0.250 e. The Kier molecular flexibility index (Phi) is 7.13. The predicted octanol–water partition coefficient (Wildman–Crippen LogP) is 3.74. The molecule has 0 spiro atoms. The first kappa shape index (κ1) is 23.0. The molecule has 0 aliphatic carbocycles. The van der Waals surface area contributed by atoms with Gasteiger partial charge in [0.15, 0.2) is 11.0 Å². The van der Waals surface area contributed by atoms with Gasteiger partial charge in [-0.25, -0.2) is 0 Å². The largest absolute Gasteiger partial charge is 0.341 e. The molecule has 1 N–H and O–H groups in total. The van der Waals surface area contributed by atoms with Crippen molar-refractivity contribution in [2.24, 2.45) is 0 Å². The highest BCUT2D eigenvalue weighted by Crippen LogP contribution is 2.39. The van der Waals surface area contributed by atoms with Crippen molar-refractivity contribution in [2.75, 3.05) is 29.9 Å². The summed E-state index contributed by atoms with van der Waals surface area (Å²) in [6.45, 7) is 2.57. The second kappa shape index (κ2) is 10.2. The predicted molar refractivity (Wildman–Crippen MR) is 129 cm³/mol. The average Bonchev–Trinajstić information content (AvgIpc) is 3.10. The summed E-state index contributed by atoms with van der Waals surface area (Å²) < 4.78 is 0. The third kappa shape index (κ3) is 5.27. The van der Waals surface area contributed by atoms with E-state index in [1.165, 1.54) is 23.6 Å². The molecule has 7 nitrogen and oxygen atoms in total. The molecule has 0 radical (unpaired) electrons. The van der Waals surface area contributed by atoms with Gasteiger partial charge in [-0.1, -0.05) is 37.1 Å². The smallest absolute Gasteiger partial charge is 0.250 e. The Morgan fingerprint density at radius 1 is 1.00 bits per heavy atom. The molecule has 1 fully saturated rings. The van der Waals surface area contributed by atoms with Crippen molar-refractivity contribution in [2.45, 2.75) is 42.8 Å². The van der Waals surface area contributed by atoms with Gasteiger partial charge in [0.25, 0.3) is 5.91 Å². The molecular weight excluding hydrogens is 438 g/mol. The Morgan fingerprint density at radius 2 is 1.73 bits per heavy atom. The second-order valence-corrected chi connectivity index (χ2v) is 9.46. The molecule has 2 aliphatic rings. The number of amides is 3. The van der Waals surface area contributed by atoms with E-state index in [0.29, 0.717) is 30.0 Å². The molecular formula is C25H27N3O4S. The first-order valence-electron chi connectivity index (χ1n) is 11.2. The van der Waals surface area contributed by atoms with Gasteiger partial charge in [-0.3, -0.25) is 19.2 Å². The quantitative estimate of drug-likeness (QED) is 0.537. The molecule has 33 heavy (non-hydrogen) atoms. The highest BCUT2D eigenvalue weighted by molar-refractivity contribution is 8.01. The fourth-order valence-corrected chi connectivity index (χ4v) is 5.34. The van der Waals surface area contributed by atoms with Crippen LogP contribution < -0.4 is 10.2 Å². The van der Waals surface area contributed by atoms with Crippen molar-refractivity contribution in [3.05, 3.63) is 54.1 Å².